The molecule has 2 aromatic carbocycles. The van der Waals surface area contributed by atoms with Crippen molar-refractivity contribution in [3.63, 3.8) is 0 Å². The number of rotatable bonds is 17. The Morgan fingerprint density at radius 3 is 2.06 bits per heavy atom. The third kappa shape index (κ3) is 20.1. The maximum Gasteiger partial charge on any atom is 0.407 e. The van der Waals surface area contributed by atoms with Crippen LogP contribution in [-0.4, -0.2) is 80.7 Å². The molecule has 264 valence electrons. The number of hydrogen-bond donors (Lipinski definition) is 6. The summed E-state index contributed by atoms with van der Waals surface area (Å²) in [6.45, 7) is 6.33. The molecule has 0 heterocycles. The van der Waals surface area contributed by atoms with E-state index in [4.69, 9.17) is 22.6 Å². The highest BCUT2D eigenvalue weighted by atomic mass is 33.1. The molecule has 14 heteroatoms. The second-order valence-electron chi connectivity index (χ2n) is 11.7. The Balaban J connectivity index is 0.000000975. The third-order valence-corrected chi connectivity index (χ3v) is 8.56. The van der Waals surface area contributed by atoms with E-state index in [0.717, 1.165) is 5.69 Å². The van der Waals surface area contributed by atoms with Gasteiger partial charge >= 0.3 is 6.09 Å². The molecule has 0 aliphatic carbocycles. The number of terminal acetylenes is 1. The molecule has 48 heavy (non-hydrogen) atoms. The van der Waals surface area contributed by atoms with Gasteiger partial charge < -0.3 is 42.4 Å². The summed E-state index contributed by atoms with van der Waals surface area (Å²) in [6.07, 6.45) is 6.61. The first-order valence-corrected chi connectivity index (χ1v) is 18.1. The Kier molecular flexibility index (Phi) is 20.2. The van der Waals surface area contributed by atoms with E-state index in [0.29, 0.717) is 55.1 Å². The molecular formula is C34H51N7O5S2. The second-order valence-corrected chi connectivity index (χ2v) is 14.4. The summed E-state index contributed by atoms with van der Waals surface area (Å²) in [5, 5.41) is 10.9. The highest BCUT2D eigenvalue weighted by Crippen LogP contribution is 2.21. The predicted molar refractivity (Wildman–Crippen MR) is 200 cm³/mol. The molecule has 0 aliphatic rings. The van der Waals surface area contributed by atoms with Crippen molar-refractivity contribution in [1.29, 1.82) is 0 Å². The summed E-state index contributed by atoms with van der Waals surface area (Å²) >= 11 is 0. The predicted octanol–water partition coefficient (Wildman–Crippen LogP) is 4.03. The molecule has 2 rings (SSSR count). The number of unbranched alkanes of at least 4 members (excludes halogenated alkanes) is 1. The Morgan fingerprint density at radius 1 is 0.875 bits per heavy atom. The van der Waals surface area contributed by atoms with Crippen molar-refractivity contribution in [3.05, 3.63) is 54.1 Å². The van der Waals surface area contributed by atoms with Crippen LogP contribution in [0.5, 0.6) is 0 Å². The van der Waals surface area contributed by atoms with E-state index >= 15 is 0 Å². The number of nitrogens with one attached hydrogen (secondary N) is 4. The van der Waals surface area contributed by atoms with Crippen molar-refractivity contribution in [2.75, 3.05) is 61.6 Å². The number of anilines is 3. The zero-order valence-electron chi connectivity index (χ0n) is 28.6. The number of nitrogens with two attached hydrogens (primary N) is 2. The normalized spacial score (nSPS) is 11.1. The van der Waals surface area contributed by atoms with Crippen LogP contribution in [0.3, 0.4) is 0 Å². The number of amides is 4. The molecule has 1 unspecified atom stereocenters. The fraction of sp³-hybridized carbons (Fsp3) is 0.471. The molecule has 12 nitrogen and oxygen atoms in total. The molecule has 2 aromatic rings. The van der Waals surface area contributed by atoms with Gasteiger partial charge in [-0.2, -0.15) is 0 Å². The van der Waals surface area contributed by atoms with Crippen LogP contribution in [0.25, 0.3) is 0 Å². The first kappa shape index (κ1) is 41.8. The van der Waals surface area contributed by atoms with Crippen molar-refractivity contribution in [1.82, 2.24) is 21.3 Å². The molecule has 4 amide bonds. The first-order valence-electron chi connectivity index (χ1n) is 15.6. The molecule has 0 bridgehead atoms. The fourth-order valence-electron chi connectivity index (χ4n) is 3.74. The van der Waals surface area contributed by atoms with Crippen molar-refractivity contribution in [2.45, 2.75) is 58.1 Å². The molecule has 0 saturated heterocycles. The van der Waals surface area contributed by atoms with Gasteiger partial charge in [0.25, 0.3) is 5.91 Å². The lowest BCUT2D eigenvalue weighted by molar-refractivity contribution is -0.128. The summed E-state index contributed by atoms with van der Waals surface area (Å²) in [7, 11) is 7.08. The van der Waals surface area contributed by atoms with E-state index in [2.05, 4.69) is 27.2 Å². The van der Waals surface area contributed by atoms with E-state index in [1.807, 2.05) is 43.3 Å². The number of ether oxygens (including phenoxy) is 1. The standard InChI is InChI=1S/C26H39N5O5S2.C8H12N2/c1-5-14-28-24(34)21(8-6-7-15-30-25(35)36-26(2,3)4)31-22(32)13-17-37-38-18-16-29-23(33)19-9-11-20(27)12-10-19;1-10(2)8-5-3-7(9)4-6-8/h1,9-12,21H,6-8,13-18,27H2,2-4H3,(H,28,34)(H,29,33)(H,30,35)(H,31,32);3-6H,9H2,1-2H3. The molecule has 1 atom stereocenters. The van der Waals surface area contributed by atoms with E-state index in [1.54, 1.807) is 55.8 Å². The van der Waals surface area contributed by atoms with Gasteiger partial charge in [0.05, 0.1) is 6.54 Å². The van der Waals surface area contributed by atoms with Gasteiger partial charge in [-0.1, -0.05) is 27.5 Å². The third-order valence-electron chi connectivity index (χ3n) is 6.15. The summed E-state index contributed by atoms with van der Waals surface area (Å²) in [6, 6.07) is 13.8. The van der Waals surface area contributed by atoms with Crippen molar-refractivity contribution >= 4 is 62.5 Å². The molecular weight excluding hydrogens is 651 g/mol. The zero-order chi connectivity index (χ0) is 36.0. The average Bonchev–Trinajstić information content (AvgIpc) is 3.02. The van der Waals surface area contributed by atoms with Gasteiger partial charge in [0.2, 0.25) is 11.8 Å². The summed E-state index contributed by atoms with van der Waals surface area (Å²) < 4.78 is 5.19. The topological polar surface area (TPSA) is 181 Å². The molecule has 0 aromatic heterocycles. The van der Waals surface area contributed by atoms with Crippen molar-refractivity contribution in [2.24, 2.45) is 0 Å². The van der Waals surface area contributed by atoms with Crippen LogP contribution in [0.2, 0.25) is 0 Å². The van der Waals surface area contributed by atoms with Crippen LogP contribution >= 0.6 is 21.6 Å². The summed E-state index contributed by atoms with van der Waals surface area (Å²) in [5.41, 5.74) is 13.7. The number of hydrogen-bond acceptors (Lipinski definition) is 10. The highest BCUT2D eigenvalue weighted by molar-refractivity contribution is 8.76. The Labute approximate surface area is 293 Å². The first-order chi connectivity index (χ1) is 22.7. The van der Waals surface area contributed by atoms with Crippen molar-refractivity contribution in [3.8, 4) is 12.3 Å². The Morgan fingerprint density at radius 2 is 1.48 bits per heavy atom. The maximum absolute atomic E-state index is 12.4. The number of benzene rings is 2. The van der Waals surface area contributed by atoms with Crippen LogP contribution in [0.1, 0.15) is 56.8 Å². The van der Waals surface area contributed by atoms with E-state index in [1.165, 1.54) is 16.5 Å². The van der Waals surface area contributed by atoms with Crippen LogP contribution in [0.15, 0.2) is 48.5 Å². The highest BCUT2D eigenvalue weighted by Gasteiger charge is 2.20. The van der Waals surface area contributed by atoms with Gasteiger partial charge in [0.15, 0.2) is 0 Å². The van der Waals surface area contributed by atoms with E-state index in [9.17, 15) is 19.2 Å². The van der Waals surface area contributed by atoms with Crippen LogP contribution in [-0.2, 0) is 14.3 Å². The van der Waals surface area contributed by atoms with Crippen LogP contribution < -0.4 is 37.6 Å². The van der Waals surface area contributed by atoms with Crippen LogP contribution in [0.4, 0.5) is 21.9 Å². The van der Waals surface area contributed by atoms with Gasteiger partial charge in [-0.3, -0.25) is 14.4 Å². The number of nitrogens with zero attached hydrogens (tertiary/aromatic N) is 1. The second kappa shape index (κ2) is 23.2. The molecule has 0 radical (unpaired) electrons. The minimum Gasteiger partial charge on any atom is -0.444 e. The summed E-state index contributed by atoms with van der Waals surface area (Å²) in [4.78, 5) is 50.6. The quantitative estimate of drug-likeness (QED) is 0.0610. The molecule has 0 saturated carbocycles. The molecule has 0 spiro atoms. The smallest absolute Gasteiger partial charge is 0.407 e. The van der Waals surface area contributed by atoms with Gasteiger partial charge in [0, 0.05) is 67.7 Å². The SMILES string of the molecule is C#CCNC(=O)C(CCCCNC(=O)OC(C)(C)C)NC(=O)CCSSCCNC(=O)c1ccc(N)cc1.CN(C)c1ccc(N)cc1. The van der Waals surface area contributed by atoms with Gasteiger partial charge in [0.1, 0.15) is 11.6 Å². The van der Waals surface area contributed by atoms with Crippen molar-refractivity contribution < 1.29 is 23.9 Å². The summed E-state index contributed by atoms with van der Waals surface area (Å²) in [5.74, 6) is 2.85. The monoisotopic (exact) mass is 701 g/mol. The molecule has 0 fully saturated rings. The molecule has 8 N–H and O–H groups in total. The lowest BCUT2D eigenvalue weighted by atomic mass is 10.1. The molecule has 0 aliphatic heterocycles. The fourth-order valence-corrected chi connectivity index (χ4v) is 5.64. The largest absolute Gasteiger partial charge is 0.444 e. The number of nitrogen functional groups attached to an aromatic ring is 2. The van der Waals surface area contributed by atoms with Crippen LogP contribution in [0, 0.1) is 12.3 Å². The maximum atomic E-state index is 12.4. The Bertz CT molecular complexity index is 1310. The number of carbonyl (C=O) groups is 4. The Hall–Kier alpha value is -4.22. The minimum absolute atomic E-state index is 0.0762. The lowest BCUT2D eigenvalue weighted by Crippen LogP contribution is -2.47. The van der Waals surface area contributed by atoms with Gasteiger partial charge in [-0.05, 0) is 88.6 Å². The minimum atomic E-state index is -0.710. The number of carbonyl (C=O) groups excluding carboxylic acids is 4. The number of alkyl carbamates (subject to hydrolysis) is 1. The zero-order valence-corrected chi connectivity index (χ0v) is 30.2. The average molecular weight is 702 g/mol. The van der Waals surface area contributed by atoms with Gasteiger partial charge in [-0.25, -0.2) is 4.79 Å². The van der Waals surface area contributed by atoms with Gasteiger partial charge in [-0.15, -0.1) is 6.42 Å². The van der Waals surface area contributed by atoms with E-state index < -0.39 is 17.7 Å². The lowest BCUT2D eigenvalue weighted by Gasteiger charge is -2.20. The van der Waals surface area contributed by atoms with E-state index in [-0.39, 0.29) is 30.7 Å².